The van der Waals surface area contributed by atoms with Gasteiger partial charge in [-0.2, -0.15) is 0 Å². The minimum atomic E-state index is -0.129. The van der Waals surface area contributed by atoms with E-state index in [1.807, 2.05) is 0 Å². The molecule has 86 valence electrons. The van der Waals surface area contributed by atoms with Crippen LogP contribution in [0.15, 0.2) is 0 Å². The van der Waals surface area contributed by atoms with Crippen molar-refractivity contribution in [3.05, 3.63) is 0 Å². The lowest BCUT2D eigenvalue weighted by molar-refractivity contribution is -0.134. The highest BCUT2D eigenvalue weighted by molar-refractivity contribution is 5.95. The van der Waals surface area contributed by atoms with E-state index in [9.17, 15) is 9.59 Å². The first-order chi connectivity index (χ1) is 6.83. The predicted octanol–water partition coefficient (Wildman–Crippen LogP) is 2.11. The molecule has 1 N–H and O–H groups in total. The molecule has 3 heteroatoms. The topological polar surface area (TPSA) is 46.2 Å². The van der Waals surface area contributed by atoms with Gasteiger partial charge in [0.1, 0.15) is 0 Å². The van der Waals surface area contributed by atoms with Gasteiger partial charge in [0.15, 0.2) is 0 Å². The van der Waals surface area contributed by atoms with Gasteiger partial charge in [0, 0.05) is 12.8 Å². The highest BCUT2D eigenvalue weighted by Crippen LogP contribution is 2.39. The van der Waals surface area contributed by atoms with Gasteiger partial charge in [-0.15, -0.1) is 0 Å². The van der Waals surface area contributed by atoms with Crippen molar-refractivity contribution in [2.24, 2.45) is 17.3 Å². The van der Waals surface area contributed by atoms with Gasteiger partial charge in [0.25, 0.3) is 0 Å². The van der Waals surface area contributed by atoms with Gasteiger partial charge in [-0.3, -0.25) is 14.9 Å². The minimum Gasteiger partial charge on any atom is -0.296 e. The molecule has 0 aromatic carbocycles. The molecule has 1 aliphatic rings. The third-order valence-electron chi connectivity index (χ3n) is 3.49. The quantitative estimate of drug-likeness (QED) is 0.675. The summed E-state index contributed by atoms with van der Waals surface area (Å²) >= 11 is 0. The maximum atomic E-state index is 11.5. The van der Waals surface area contributed by atoms with Gasteiger partial charge in [-0.05, 0) is 23.7 Å². The van der Waals surface area contributed by atoms with Gasteiger partial charge < -0.3 is 0 Å². The number of carbonyl (C=O) groups is 2. The van der Waals surface area contributed by atoms with Crippen LogP contribution < -0.4 is 5.32 Å². The van der Waals surface area contributed by atoms with Gasteiger partial charge in [-0.1, -0.05) is 27.7 Å². The lowest BCUT2D eigenvalue weighted by atomic mass is 9.68. The van der Waals surface area contributed by atoms with E-state index in [4.69, 9.17) is 0 Å². The molecule has 1 fully saturated rings. The summed E-state index contributed by atoms with van der Waals surface area (Å²) < 4.78 is 0. The van der Waals surface area contributed by atoms with Crippen LogP contribution in [0.1, 0.15) is 47.0 Å². The number of imide groups is 1. The maximum absolute atomic E-state index is 11.5. The van der Waals surface area contributed by atoms with Crippen molar-refractivity contribution < 1.29 is 9.59 Å². The number of nitrogens with one attached hydrogen (secondary N) is 1. The normalized spacial score (nSPS) is 27.1. The SMILES string of the molecule is CC(C)C1CC(=O)NC(=O)CCC1(C)C. The summed E-state index contributed by atoms with van der Waals surface area (Å²) in [4.78, 5) is 22.8. The van der Waals surface area contributed by atoms with E-state index in [0.29, 0.717) is 24.7 Å². The lowest BCUT2D eigenvalue weighted by Gasteiger charge is -2.38. The number of rotatable bonds is 1. The van der Waals surface area contributed by atoms with Crippen LogP contribution in [0, 0.1) is 17.3 Å². The molecule has 3 nitrogen and oxygen atoms in total. The average molecular weight is 211 g/mol. The Morgan fingerprint density at radius 3 is 2.40 bits per heavy atom. The Labute approximate surface area is 91.6 Å². The summed E-state index contributed by atoms with van der Waals surface area (Å²) in [5.74, 6) is 0.575. The molecule has 15 heavy (non-hydrogen) atoms. The Hall–Kier alpha value is -0.860. The molecular formula is C12H21NO2. The minimum absolute atomic E-state index is 0.0710. The van der Waals surface area contributed by atoms with Crippen LogP contribution in [0.3, 0.4) is 0 Å². The van der Waals surface area contributed by atoms with Crippen molar-refractivity contribution >= 4 is 11.8 Å². The Balaban J connectivity index is 2.85. The smallest absolute Gasteiger partial charge is 0.226 e. The van der Waals surface area contributed by atoms with Crippen LogP contribution in [0.4, 0.5) is 0 Å². The Morgan fingerprint density at radius 2 is 1.87 bits per heavy atom. The fourth-order valence-corrected chi connectivity index (χ4v) is 2.50. The molecule has 0 aromatic rings. The van der Waals surface area contributed by atoms with Crippen molar-refractivity contribution in [3.8, 4) is 0 Å². The summed E-state index contributed by atoms with van der Waals surface area (Å²) in [7, 11) is 0. The third kappa shape index (κ3) is 3.05. The third-order valence-corrected chi connectivity index (χ3v) is 3.49. The van der Waals surface area contributed by atoms with E-state index in [-0.39, 0.29) is 17.2 Å². The van der Waals surface area contributed by atoms with Gasteiger partial charge in [-0.25, -0.2) is 0 Å². The van der Waals surface area contributed by atoms with Crippen molar-refractivity contribution in [1.29, 1.82) is 0 Å². The number of carbonyl (C=O) groups excluding carboxylic acids is 2. The van der Waals surface area contributed by atoms with Gasteiger partial charge in [0.2, 0.25) is 11.8 Å². The molecule has 1 heterocycles. The molecule has 1 rings (SSSR count). The van der Waals surface area contributed by atoms with Crippen LogP contribution in [-0.4, -0.2) is 11.8 Å². The Morgan fingerprint density at radius 1 is 1.27 bits per heavy atom. The first kappa shape index (κ1) is 12.2. The van der Waals surface area contributed by atoms with Gasteiger partial charge >= 0.3 is 0 Å². The fraction of sp³-hybridized carbons (Fsp3) is 0.833. The number of hydrogen-bond donors (Lipinski definition) is 1. The zero-order valence-electron chi connectivity index (χ0n) is 10.1. The monoisotopic (exact) mass is 211 g/mol. The molecule has 1 atom stereocenters. The van der Waals surface area contributed by atoms with Crippen molar-refractivity contribution in [2.75, 3.05) is 0 Å². The standard InChI is InChI=1S/C12H21NO2/c1-8(2)9-7-11(15)13-10(14)5-6-12(9,3)4/h8-9H,5-7H2,1-4H3,(H,13,14,15). The zero-order chi connectivity index (χ0) is 11.6. The van der Waals surface area contributed by atoms with Crippen LogP contribution in [0.5, 0.6) is 0 Å². The Bertz CT molecular complexity index is 269. The molecule has 0 aromatic heterocycles. The van der Waals surface area contributed by atoms with E-state index in [2.05, 4.69) is 33.0 Å². The lowest BCUT2D eigenvalue weighted by Crippen LogP contribution is -2.40. The summed E-state index contributed by atoms with van der Waals surface area (Å²) in [6.45, 7) is 8.60. The van der Waals surface area contributed by atoms with Crippen molar-refractivity contribution in [3.63, 3.8) is 0 Å². The molecule has 0 saturated carbocycles. The summed E-state index contributed by atoms with van der Waals surface area (Å²) in [6.07, 6.45) is 1.79. The fourth-order valence-electron chi connectivity index (χ4n) is 2.50. The molecule has 1 aliphatic heterocycles. The largest absolute Gasteiger partial charge is 0.296 e. The molecular weight excluding hydrogens is 190 g/mol. The van der Waals surface area contributed by atoms with E-state index in [1.165, 1.54) is 0 Å². The molecule has 0 radical (unpaired) electrons. The van der Waals surface area contributed by atoms with Crippen molar-refractivity contribution in [1.82, 2.24) is 5.32 Å². The van der Waals surface area contributed by atoms with E-state index >= 15 is 0 Å². The molecule has 1 unspecified atom stereocenters. The average Bonchev–Trinajstić information content (AvgIpc) is 2.09. The number of hydrogen-bond acceptors (Lipinski definition) is 2. The molecule has 0 spiro atoms. The second-order valence-corrected chi connectivity index (χ2v) is 5.51. The summed E-state index contributed by atoms with van der Waals surface area (Å²) in [5, 5.41) is 2.43. The maximum Gasteiger partial charge on any atom is 0.226 e. The van der Waals surface area contributed by atoms with Crippen molar-refractivity contribution in [2.45, 2.75) is 47.0 Å². The van der Waals surface area contributed by atoms with Crippen LogP contribution in [0.25, 0.3) is 0 Å². The number of amides is 2. The first-order valence-electron chi connectivity index (χ1n) is 5.65. The van der Waals surface area contributed by atoms with E-state index in [0.717, 1.165) is 6.42 Å². The van der Waals surface area contributed by atoms with Crippen LogP contribution in [-0.2, 0) is 9.59 Å². The zero-order valence-corrected chi connectivity index (χ0v) is 10.1. The van der Waals surface area contributed by atoms with Crippen LogP contribution in [0.2, 0.25) is 0 Å². The van der Waals surface area contributed by atoms with E-state index in [1.54, 1.807) is 0 Å². The first-order valence-corrected chi connectivity index (χ1v) is 5.65. The summed E-state index contributed by atoms with van der Waals surface area (Å²) in [6, 6.07) is 0. The highest BCUT2D eigenvalue weighted by Gasteiger charge is 2.35. The van der Waals surface area contributed by atoms with Crippen LogP contribution >= 0.6 is 0 Å². The van der Waals surface area contributed by atoms with Gasteiger partial charge in [0.05, 0.1) is 0 Å². The molecule has 0 aliphatic carbocycles. The second-order valence-electron chi connectivity index (χ2n) is 5.51. The molecule has 0 bridgehead atoms. The molecule has 1 saturated heterocycles. The predicted molar refractivity (Wildman–Crippen MR) is 59.1 cm³/mol. The van der Waals surface area contributed by atoms with E-state index < -0.39 is 0 Å². The molecule has 2 amide bonds. The highest BCUT2D eigenvalue weighted by atomic mass is 16.2. The second kappa shape index (κ2) is 4.33. The summed E-state index contributed by atoms with van der Waals surface area (Å²) in [5.41, 5.74) is 0.0710. The Kier molecular flexibility index (Phi) is 3.53.